The summed E-state index contributed by atoms with van der Waals surface area (Å²) in [6.45, 7) is 2.13. The molecule has 2 fully saturated rings. The maximum Gasteiger partial charge on any atom is 0.148 e. The van der Waals surface area contributed by atoms with E-state index >= 15 is 0 Å². The first-order valence-corrected chi connectivity index (χ1v) is 6.16. The van der Waals surface area contributed by atoms with E-state index < -0.39 is 0 Å². The minimum absolute atomic E-state index is 0.780. The maximum atomic E-state index is 5.41. The van der Waals surface area contributed by atoms with Gasteiger partial charge in [-0.25, -0.2) is 5.84 Å². The van der Waals surface area contributed by atoms with Crippen molar-refractivity contribution >= 4 is 16.5 Å². The molecule has 2 heterocycles. The molecule has 5 nitrogen and oxygen atoms in total. The number of nitrogens with two attached hydrogens (primary N) is 1. The first kappa shape index (κ1) is 9.50. The van der Waals surface area contributed by atoms with Crippen molar-refractivity contribution in [3.8, 4) is 0 Å². The Morgan fingerprint density at radius 1 is 1.53 bits per heavy atom. The molecule has 1 aromatic rings. The maximum absolute atomic E-state index is 5.41. The molecular weight excluding hydrogens is 210 g/mol. The third kappa shape index (κ3) is 1.62. The van der Waals surface area contributed by atoms with Crippen molar-refractivity contribution in [3.05, 3.63) is 5.69 Å². The van der Waals surface area contributed by atoms with Gasteiger partial charge in [-0.3, -0.25) is 4.90 Å². The van der Waals surface area contributed by atoms with Gasteiger partial charge >= 0.3 is 0 Å². The summed E-state index contributed by atoms with van der Waals surface area (Å²) in [5.74, 6) is 6.33. The first-order chi connectivity index (χ1) is 7.36. The van der Waals surface area contributed by atoms with Crippen molar-refractivity contribution in [2.75, 3.05) is 12.0 Å². The van der Waals surface area contributed by atoms with Crippen LogP contribution in [0.1, 0.15) is 25.0 Å². The van der Waals surface area contributed by atoms with Crippen LogP contribution in [0.3, 0.4) is 0 Å². The van der Waals surface area contributed by atoms with Crippen LogP contribution in [0, 0.1) is 5.92 Å². The number of hydrogen-bond acceptors (Lipinski definition) is 6. The zero-order valence-electron chi connectivity index (χ0n) is 8.52. The molecule has 0 spiro atoms. The van der Waals surface area contributed by atoms with Crippen molar-refractivity contribution in [1.82, 2.24) is 14.5 Å². The van der Waals surface area contributed by atoms with Crippen LogP contribution in [0.25, 0.3) is 0 Å². The molecule has 2 atom stereocenters. The highest BCUT2D eigenvalue weighted by Crippen LogP contribution is 2.38. The van der Waals surface area contributed by atoms with E-state index in [2.05, 4.69) is 19.9 Å². The van der Waals surface area contributed by atoms with E-state index in [1.54, 1.807) is 0 Å². The van der Waals surface area contributed by atoms with Crippen molar-refractivity contribution in [2.24, 2.45) is 11.8 Å². The number of hydrazine groups is 1. The third-order valence-corrected chi connectivity index (χ3v) is 4.26. The van der Waals surface area contributed by atoms with Gasteiger partial charge in [-0.2, -0.15) is 0 Å². The Kier molecular flexibility index (Phi) is 2.34. The Morgan fingerprint density at radius 3 is 3.13 bits per heavy atom. The molecule has 1 saturated carbocycles. The molecule has 1 aliphatic heterocycles. The number of nitrogens with zero attached hydrogens (tertiary/aromatic N) is 3. The summed E-state index contributed by atoms with van der Waals surface area (Å²) in [6.07, 6.45) is 4.15. The van der Waals surface area contributed by atoms with E-state index in [1.165, 1.54) is 37.3 Å². The van der Waals surface area contributed by atoms with Crippen LogP contribution in [0.2, 0.25) is 0 Å². The molecule has 6 heteroatoms. The highest BCUT2D eigenvalue weighted by molar-refractivity contribution is 7.10. The average Bonchev–Trinajstić information content (AvgIpc) is 2.92. The van der Waals surface area contributed by atoms with Crippen LogP contribution in [-0.2, 0) is 6.54 Å². The van der Waals surface area contributed by atoms with Gasteiger partial charge < -0.3 is 5.43 Å². The minimum Gasteiger partial charge on any atom is -0.313 e. The smallest absolute Gasteiger partial charge is 0.148 e. The van der Waals surface area contributed by atoms with Crippen LogP contribution in [0.15, 0.2) is 0 Å². The summed E-state index contributed by atoms with van der Waals surface area (Å²) < 4.78 is 3.92. The summed E-state index contributed by atoms with van der Waals surface area (Å²) >= 11 is 1.33. The van der Waals surface area contributed by atoms with Crippen molar-refractivity contribution < 1.29 is 0 Å². The topological polar surface area (TPSA) is 67.1 Å². The van der Waals surface area contributed by atoms with E-state index in [0.29, 0.717) is 0 Å². The second kappa shape index (κ2) is 3.70. The summed E-state index contributed by atoms with van der Waals surface area (Å²) in [5.41, 5.74) is 3.66. The standard InChI is InChI=1S/C9H15N5S/c10-11-9-8(12-13-15-9)5-14-4-6-1-2-7(14)3-6/h6-7,11H,1-5,10H2. The van der Waals surface area contributed by atoms with Gasteiger partial charge in [0.25, 0.3) is 0 Å². The molecule has 2 bridgehead atoms. The number of nitrogen functional groups attached to an aromatic ring is 1. The second-order valence-corrected chi connectivity index (χ2v) is 5.21. The lowest BCUT2D eigenvalue weighted by atomic mass is 10.1. The largest absolute Gasteiger partial charge is 0.313 e. The van der Waals surface area contributed by atoms with Gasteiger partial charge in [0.05, 0.1) is 0 Å². The zero-order valence-corrected chi connectivity index (χ0v) is 9.33. The Balaban J connectivity index is 1.70. The van der Waals surface area contributed by atoms with E-state index in [0.717, 1.165) is 29.2 Å². The highest BCUT2D eigenvalue weighted by Gasteiger charge is 2.38. The van der Waals surface area contributed by atoms with Crippen LogP contribution >= 0.6 is 11.5 Å². The predicted molar refractivity (Wildman–Crippen MR) is 59.3 cm³/mol. The lowest BCUT2D eigenvalue weighted by Crippen LogP contribution is -2.31. The normalized spacial score (nSPS) is 29.9. The SMILES string of the molecule is NNc1snnc1CN1CC2CCC1C2. The molecule has 15 heavy (non-hydrogen) atoms. The van der Waals surface area contributed by atoms with Crippen molar-refractivity contribution in [1.29, 1.82) is 0 Å². The molecule has 1 aliphatic carbocycles. The quantitative estimate of drug-likeness (QED) is 0.588. The summed E-state index contributed by atoms with van der Waals surface area (Å²) in [4.78, 5) is 2.52. The van der Waals surface area contributed by atoms with Gasteiger partial charge in [-0.15, -0.1) is 5.10 Å². The van der Waals surface area contributed by atoms with Gasteiger partial charge in [-0.05, 0) is 25.2 Å². The van der Waals surface area contributed by atoms with Crippen molar-refractivity contribution in [2.45, 2.75) is 31.8 Å². The Bertz CT molecular complexity index is 352. The number of hydrogen-bond donors (Lipinski definition) is 2. The number of fused-ring (bicyclic) bond motifs is 2. The molecule has 0 amide bonds. The Morgan fingerprint density at radius 2 is 2.47 bits per heavy atom. The number of aromatic nitrogens is 2. The van der Waals surface area contributed by atoms with Crippen LogP contribution in [0.5, 0.6) is 0 Å². The summed E-state index contributed by atoms with van der Waals surface area (Å²) in [7, 11) is 0. The lowest BCUT2D eigenvalue weighted by Gasteiger charge is -2.25. The molecule has 3 N–H and O–H groups in total. The molecule has 0 aromatic carbocycles. The van der Waals surface area contributed by atoms with Gasteiger partial charge in [-0.1, -0.05) is 4.49 Å². The summed E-state index contributed by atoms with van der Waals surface area (Å²) in [6, 6.07) is 0.780. The third-order valence-electron chi connectivity index (χ3n) is 3.56. The molecular formula is C9H15N5S. The van der Waals surface area contributed by atoms with E-state index in [9.17, 15) is 0 Å². The number of anilines is 1. The number of rotatable bonds is 3. The Hall–Kier alpha value is -0.720. The van der Waals surface area contributed by atoms with Crippen LogP contribution in [0.4, 0.5) is 5.00 Å². The molecule has 1 aromatic heterocycles. The van der Waals surface area contributed by atoms with Gasteiger partial charge in [0.2, 0.25) is 0 Å². The molecule has 0 radical (unpaired) electrons. The van der Waals surface area contributed by atoms with Crippen LogP contribution in [-0.4, -0.2) is 27.1 Å². The van der Waals surface area contributed by atoms with Gasteiger partial charge in [0, 0.05) is 30.7 Å². The van der Waals surface area contributed by atoms with E-state index in [-0.39, 0.29) is 0 Å². The lowest BCUT2D eigenvalue weighted by molar-refractivity contribution is 0.203. The number of nitrogens with one attached hydrogen (secondary N) is 1. The molecule has 2 unspecified atom stereocenters. The van der Waals surface area contributed by atoms with E-state index in [1.807, 2.05) is 0 Å². The molecule has 2 aliphatic rings. The fourth-order valence-corrected chi connectivity index (χ4v) is 3.32. The van der Waals surface area contributed by atoms with Crippen molar-refractivity contribution in [3.63, 3.8) is 0 Å². The zero-order chi connectivity index (χ0) is 10.3. The first-order valence-electron chi connectivity index (χ1n) is 5.38. The van der Waals surface area contributed by atoms with Gasteiger partial charge in [0.1, 0.15) is 10.7 Å². The number of likely N-dealkylation sites (tertiary alicyclic amines) is 1. The predicted octanol–water partition coefficient (Wildman–Crippen LogP) is 0.808. The van der Waals surface area contributed by atoms with E-state index in [4.69, 9.17) is 5.84 Å². The number of piperidine rings is 1. The fourth-order valence-electron chi connectivity index (χ4n) is 2.83. The second-order valence-electron chi connectivity index (χ2n) is 4.46. The Labute approximate surface area is 92.8 Å². The van der Waals surface area contributed by atoms with Gasteiger partial charge in [0.15, 0.2) is 0 Å². The summed E-state index contributed by atoms with van der Waals surface area (Å²) in [5, 5.41) is 5.02. The molecule has 82 valence electrons. The average molecular weight is 225 g/mol. The minimum atomic E-state index is 0.780. The van der Waals surface area contributed by atoms with Crippen LogP contribution < -0.4 is 11.3 Å². The molecule has 3 rings (SSSR count). The molecule has 1 saturated heterocycles. The highest BCUT2D eigenvalue weighted by atomic mass is 32.1. The monoisotopic (exact) mass is 225 g/mol. The fraction of sp³-hybridized carbons (Fsp3) is 0.778.